The normalized spacial score (nSPS) is 11.3. The van der Waals surface area contributed by atoms with E-state index in [4.69, 9.17) is 5.73 Å². The molecule has 4 N–H and O–H groups in total. The molecular weight excluding hydrogens is 474 g/mol. The van der Waals surface area contributed by atoms with Crippen LogP contribution >= 0.6 is 0 Å². The maximum Gasteiger partial charge on any atom is 0.287 e. The van der Waals surface area contributed by atoms with E-state index < -0.39 is 23.6 Å². The molecule has 3 rings (SSSR count). The van der Waals surface area contributed by atoms with Crippen LogP contribution in [0.15, 0.2) is 78.9 Å². The minimum absolute atomic E-state index is 0.176. The molecule has 0 saturated heterocycles. The minimum Gasteiger partial charge on any atom is -0.363 e. The molecular formula is C32H39N3O3. The molecule has 6 heteroatoms. The molecule has 0 aromatic heterocycles. The van der Waals surface area contributed by atoms with E-state index >= 15 is 0 Å². The molecule has 3 aromatic carbocycles. The first-order valence-electron chi connectivity index (χ1n) is 13.1. The van der Waals surface area contributed by atoms with Gasteiger partial charge in [-0.25, -0.2) is 0 Å². The molecule has 0 aliphatic heterocycles. The summed E-state index contributed by atoms with van der Waals surface area (Å²) in [7, 11) is 0. The fourth-order valence-electron chi connectivity index (χ4n) is 3.66. The number of hydrogen-bond donors (Lipinski definition) is 3. The summed E-state index contributed by atoms with van der Waals surface area (Å²) in [6.07, 6.45) is 6.56. The van der Waals surface area contributed by atoms with Gasteiger partial charge in [0.25, 0.3) is 11.8 Å². The van der Waals surface area contributed by atoms with Crippen LogP contribution in [-0.2, 0) is 16.0 Å². The highest BCUT2D eigenvalue weighted by molar-refractivity contribution is 6.38. The van der Waals surface area contributed by atoms with Gasteiger partial charge < -0.3 is 16.4 Å². The number of unbranched alkanes of at least 4 members (excludes halogenated alkanes) is 1. The van der Waals surface area contributed by atoms with Crippen LogP contribution in [-0.4, -0.2) is 36.7 Å². The average Bonchev–Trinajstić information content (AvgIpc) is 2.93. The Labute approximate surface area is 226 Å². The number of carbonyl (C=O) groups excluding carboxylic acids is 3. The van der Waals surface area contributed by atoms with Crippen LogP contribution in [0.2, 0.25) is 0 Å². The second kappa shape index (κ2) is 16.7. The molecule has 3 aromatic rings. The largest absolute Gasteiger partial charge is 0.363 e. The van der Waals surface area contributed by atoms with Crippen molar-refractivity contribution in [3.8, 4) is 0 Å². The Kier molecular flexibility index (Phi) is 13.2. The Bertz CT molecular complexity index is 1180. The molecule has 2 amide bonds. The molecule has 0 heterocycles. The van der Waals surface area contributed by atoms with E-state index in [2.05, 4.69) is 24.5 Å². The second-order valence-corrected chi connectivity index (χ2v) is 8.98. The predicted octanol–water partition coefficient (Wildman–Crippen LogP) is 4.96. The van der Waals surface area contributed by atoms with Crippen molar-refractivity contribution in [3.05, 3.63) is 107 Å². The van der Waals surface area contributed by atoms with Crippen LogP contribution in [0.5, 0.6) is 0 Å². The molecule has 38 heavy (non-hydrogen) atoms. The number of nitrogens with two attached hydrogens (primary N) is 1. The zero-order chi connectivity index (χ0) is 27.8. The summed E-state index contributed by atoms with van der Waals surface area (Å²) in [6.45, 7) is 8.66. The number of benzene rings is 3. The van der Waals surface area contributed by atoms with E-state index in [9.17, 15) is 14.4 Å². The number of rotatable bonds is 12. The molecule has 1 atom stereocenters. The van der Waals surface area contributed by atoms with Crippen LogP contribution in [0.3, 0.4) is 0 Å². The quantitative estimate of drug-likeness (QED) is 0.181. The first kappa shape index (κ1) is 30.2. The molecule has 0 aliphatic carbocycles. The summed E-state index contributed by atoms with van der Waals surface area (Å²) in [6, 6.07) is 23.2. The molecule has 0 aliphatic rings. The third-order valence-corrected chi connectivity index (χ3v) is 5.84. The lowest BCUT2D eigenvalue weighted by Crippen LogP contribution is -2.47. The van der Waals surface area contributed by atoms with Crippen molar-refractivity contribution in [1.29, 1.82) is 0 Å². The van der Waals surface area contributed by atoms with Crippen molar-refractivity contribution in [1.82, 2.24) is 10.6 Å². The van der Waals surface area contributed by atoms with Crippen LogP contribution in [0.25, 0.3) is 12.2 Å². The number of primary amides is 1. The number of nitrogens with one attached hydrogen (secondary N) is 2. The smallest absolute Gasteiger partial charge is 0.287 e. The highest BCUT2D eigenvalue weighted by Gasteiger charge is 2.26. The highest BCUT2D eigenvalue weighted by atomic mass is 16.2. The SMILES string of the molecule is CCCCNCC.Cc1ccc(C=Cc2ccccc2C(=O)NC(Cc2ccccc2)C(=O)C(N)=O)cc1. The number of aryl methyl sites for hydroxylation is 1. The fourth-order valence-corrected chi connectivity index (χ4v) is 3.66. The molecule has 0 saturated carbocycles. The number of Topliss-reactive ketones (excluding diaryl/α,β-unsaturated/α-hetero) is 1. The standard InChI is InChI=1S/C26H24N2O3.C6H15N/c1-18-11-13-19(14-12-18)15-16-21-9-5-6-10-22(21)26(31)28-23(24(29)25(27)30)17-20-7-3-2-4-8-20;1-3-5-6-7-4-2/h2-16,23H,17H2,1H3,(H2,27,30)(H,28,31);7H,3-6H2,1-2H3. The molecule has 6 nitrogen and oxygen atoms in total. The van der Waals surface area contributed by atoms with Gasteiger partial charge in [0.2, 0.25) is 5.78 Å². The van der Waals surface area contributed by atoms with E-state index in [0.29, 0.717) is 11.1 Å². The molecule has 0 radical (unpaired) electrons. The lowest BCUT2D eigenvalue weighted by Gasteiger charge is -2.17. The topological polar surface area (TPSA) is 101 Å². The van der Waals surface area contributed by atoms with Gasteiger partial charge in [-0.15, -0.1) is 0 Å². The first-order chi connectivity index (χ1) is 18.3. The summed E-state index contributed by atoms with van der Waals surface area (Å²) in [4.78, 5) is 36.8. The third-order valence-electron chi connectivity index (χ3n) is 5.84. The summed E-state index contributed by atoms with van der Waals surface area (Å²) in [5, 5.41) is 5.93. The number of hydrogen-bond acceptors (Lipinski definition) is 4. The van der Waals surface area contributed by atoms with Crippen molar-refractivity contribution in [3.63, 3.8) is 0 Å². The van der Waals surface area contributed by atoms with Gasteiger partial charge >= 0.3 is 0 Å². The van der Waals surface area contributed by atoms with E-state index in [1.165, 1.54) is 24.9 Å². The summed E-state index contributed by atoms with van der Waals surface area (Å²) < 4.78 is 0. The van der Waals surface area contributed by atoms with Gasteiger partial charge in [0.05, 0.1) is 0 Å². The van der Waals surface area contributed by atoms with E-state index in [1.807, 2.05) is 85.8 Å². The predicted molar refractivity (Wildman–Crippen MR) is 156 cm³/mol. The van der Waals surface area contributed by atoms with Crippen LogP contribution in [0.1, 0.15) is 59.3 Å². The first-order valence-corrected chi connectivity index (χ1v) is 13.1. The van der Waals surface area contributed by atoms with E-state index in [1.54, 1.807) is 12.1 Å². The Balaban J connectivity index is 0.000000638. The van der Waals surface area contributed by atoms with Gasteiger partial charge in [-0.3, -0.25) is 14.4 Å². The van der Waals surface area contributed by atoms with Crippen LogP contribution < -0.4 is 16.4 Å². The Morgan fingerprint density at radius 1 is 0.868 bits per heavy atom. The fraction of sp³-hybridized carbons (Fsp3) is 0.281. The van der Waals surface area contributed by atoms with Crippen LogP contribution in [0, 0.1) is 6.92 Å². The van der Waals surface area contributed by atoms with Crippen LogP contribution in [0.4, 0.5) is 0 Å². The van der Waals surface area contributed by atoms with Gasteiger partial charge in [-0.2, -0.15) is 0 Å². The van der Waals surface area contributed by atoms with Gasteiger partial charge in [-0.1, -0.05) is 111 Å². The van der Waals surface area contributed by atoms with E-state index in [0.717, 1.165) is 17.7 Å². The lowest BCUT2D eigenvalue weighted by molar-refractivity contribution is -0.137. The number of ketones is 1. The zero-order valence-corrected chi connectivity index (χ0v) is 22.6. The zero-order valence-electron chi connectivity index (χ0n) is 22.6. The third kappa shape index (κ3) is 10.5. The van der Waals surface area contributed by atoms with Gasteiger partial charge in [0.15, 0.2) is 0 Å². The monoisotopic (exact) mass is 513 g/mol. The van der Waals surface area contributed by atoms with Gasteiger partial charge in [0.1, 0.15) is 6.04 Å². The summed E-state index contributed by atoms with van der Waals surface area (Å²) in [5.41, 5.74) is 9.30. The Morgan fingerprint density at radius 3 is 2.16 bits per heavy atom. The minimum atomic E-state index is -1.08. The Morgan fingerprint density at radius 2 is 1.53 bits per heavy atom. The molecule has 0 spiro atoms. The maximum atomic E-state index is 13.0. The summed E-state index contributed by atoms with van der Waals surface area (Å²) in [5.74, 6) is -2.35. The van der Waals surface area contributed by atoms with Gasteiger partial charge in [-0.05, 0) is 49.2 Å². The highest BCUT2D eigenvalue weighted by Crippen LogP contribution is 2.15. The average molecular weight is 514 g/mol. The van der Waals surface area contributed by atoms with E-state index in [-0.39, 0.29) is 6.42 Å². The van der Waals surface area contributed by atoms with Crippen molar-refractivity contribution >= 4 is 29.7 Å². The van der Waals surface area contributed by atoms with Gasteiger partial charge in [0, 0.05) is 12.0 Å². The lowest BCUT2D eigenvalue weighted by atomic mass is 10.00. The van der Waals surface area contributed by atoms with Crippen molar-refractivity contribution in [2.24, 2.45) is 5.73 Å². The van der Waals surface area contributed by atoms with Crippen molar-refractivity contribution < 1.29 is 14.4 Å². The molecule has 0 fully saturated rings. The molecule has 200 valence electrons. The Hall–Kier alpha value is -4.03. The van der Waals surface area contributed by atoms with Crippen molar-refractivity contribution in [2.45, 2.75) is 46.1 Å². The second-order valence-electron chi connectivity index (χ2n) is 8.98. The molecule has 0 bridgehead atoms. The van der Waals surface area contributed by atoms with Crippen molar-refractivity contribution in [2.75, 3.05) is 13.1 Å². The molecule has 1 unspecified atom stereocenters. The number of carbonyl (C=O) groups is 3. The maximum absolute atomic E-state index is 13.0. The summed E-state index contributed by atoms with van der Waals surface area (Å²) >= 11 is 0. The number of amides is 2.